The molecule has 4 aromatic rings. The van der Waals surface area contributed by atoms with Gasteiger partial charge in [-0.2, -0.15) is 0 Å². The van der Waals surface area contributed by atoms with Crippen molar-refractivity contribution in [3.8, 4) is 21.0 Å². The molecular formula is C31H34N4O3S2. The molecule has 0 bridgehead atoms. The standard InChI is InChI=1S/C31H34N4O3S2/c1-20(2)38-30(37)34-24-14-11-22(12-15-24)29-33-19-27(39-29)25-16-13-23(17-26(25)40-35-31(3,4)5)28(36)32-18-21-9-7-6-8-10-21/h6-17,19-20,35H,18H2,1-5H3,(H,32,36)(H,34,37). The Balaban J connectivity index is 1.53. The number of benzene rings is 3. The number of hydrogen-bond acceptors (Lipinski definition) is 7. The van der Waals surface area contributed by atoms with E-state index in [9.17, 15) is 9.59 Å². The van der Waals surface area contributed by atoms with Gasteiger partial charge in [-0.25, -0.2) is 9.78 Å². The van der Waals surface area contributed by atoms with Gasteiger partial charge in [0.05, 0.1) is 11.0 Å². The molecule has 0 aliphatic heterocycles. The molecule has 1 heterocycles. The molecule has 0 saturated carbocycles. The van der Waals surface area contributed by atoms with Crippen LogP contribution in [0, 0.1) is 0 Å². The van der Waals surface area contributed by atoms with Gasteiger partial charge in [-0.1, -0.05) is 36.4 Å². The van der Waals surface area contributed by atoms with Crippen molar-refractivity contribution in [3.05, 3.63) is 90.1 Å². The summed E-state index contributed by atoms with van der Waals surface area (Å²) in [7, 11) is 0. The van der Waals surface area contributed by atoms with E-state index in [1.165, 1.54) is 11.9 Å². The van der Waals surface area contributed by atoms with Gasteiger partial charge in [0.1, 0.15) is 5.01 Å². The quantitative estimate of drug-likeness (QED) is 0.177. The zero-order chi connectivity index (χ0) is 28.7. The molecule has 3 aromatic carbocycles. The van der Waals surface area contributed by atoms with Crippen molar-refractivity contribution in [3.63, 3.8) is 0 Å². The number of thiazole rings is 1. The molecule has 0 atom stereocenters. The highest BCUT2D eigenvalue weighted by Crippen LogP contribution is 2.38. The summed E-state index contributed by atoms with van der Waals surface area (Å²) < 4.78 is 8.61. The number of anilines is 1. The van der Waals surface area contributed by atoms with Crippen molar-refractivity contribution in [2.24, 2.45) is 0 Å². The molecule has 208 valence electrons. The molecule has 4 rings (SSSR count). The number of amides is 2. The smallest absolute Gasteiger partial charge is 0.411 e. The lowest BCUT2D eigenvalue weighted by atomic mass is 10.1. The van der Waals surface area contributed by atoms with Crippen LogP contribution in [0.5, 0.6) is 0 Å². The van der Waals surface area contributed by atoms with Crippen LogP contribution in [0.25, 0.3) is 21.0 Å². The van der Waals surface area contributed by atoms with Gasteiger partial charge in [-0.3, -0.25) is 14.8 Å². The number of carbonyl (C=O) groups is 2. The monoisotopic (exact) mass is 574 g/mol. The summed E-state index contributed by atoms with van der Waals surface area (Å²) in [5.74, 6) is -0.121. The lowest BCUT2D eigenvalue weighted by molar-refractivity contribution is 0.0950. The maximum Gasteiger partial charge on any atom is 0.411 e. The summed E-state index contributed by atoms with van der Waals surface area (Å²) in [5, 5.41) is 6.60. The van der Waals surface area contributed by atoms with Crippen LogP contribution in [-0.4, -0.2) is 28.6 Å². The maximum absolute atomic E-state index is 13.0. The van der Waals surface area contributed by atoms with Crippen molar-refractivity contribution in [2.75, 3.05) is 5.32 Å². The molecule has 7 nitrogen and oxygen atoms in total. The Hall–Kier alpha value is -3.66. The Kier molecular flexibility index (Phi) is 9.63. The molecule has 0 radical (unpaired) electrons. The minimum atomic E-state index is -0.481. The lowest BCUT2D eigenvalue weighted by Crippen LogP contribution is -2.29. The highest BCUT2D eigenvalue weighted by molar-refractivity contribution is 7.97. The summed E-state index contributed by atoms with van der Waals surface area (Å²) in [5.41, 5.74) is 4.12. The number of aromatic nitrogens is 1. The second kappa shape index (κ2) is 13.1. The van der Waals surface area contributed by atoms with Crippen molar-refractivity contribution < 1.29 is 14.3 Å². The van der Waals surface area contributed by atoms with E-state index in [-0.39, 0.29) is 17.6 Å². The van der Waals surface area contributed by atoms with Crippen molar-refractivity contribution in [1.82, 2.24) is 15.0 Å². The highest BCUT2D eigenvalue weighted by Gasteiger charge is 2.17. The summed E-state index contributed by atoms with van der Waals surface area (Å²) in [6.45, 7) is 10.4. The molecule has 1 aromatic heterocycles. The number of carbonyl (C=O) groups excluding carboxylic acids is 2. The number of nitrogens with zero attached hydrogens (tertiary/aromatic N) is 1. The molecule has 0 saturated heterocycles. The predicted octanol–water partition coefficient (Wildman–Crippen LogP) is 7.76. The van der Waals surface area contributed by atoms with Gasteiger partial charge in [-0.05, 0) is 88.5 Å². The van der Waals surface area contributed by atoms with Gasteiger partial charge in [0, 0.05) is 45.6 Å². The zero-order valence-electron chi connectivity index (χ0n) is 23.3. The topological polar surface area (TPSA) is 92.3 Å². The molecule has 40 heavy (non-hydrogen) atoms. The van der Waals surface area contributed by atoms with E-state index in [0.29, 0.717) is 17.8 Å². The molecule has 2 amide bonds. The van der Waals surface area contributed by atoms with Crippen molar-refractivity contribution >= 4 is 41.0 Å². The van der Waals surface area contributed by atoms with Crippen LogP contribution >= 0.6 is 23.3 Å². The Morgan fingerprint density at radius 1 is 1.00 bits per heavy atom. The highest BCUT2D eigenvalue weighted by atomic mass is 32.2. The first-order chi connectivity index (χ1) is 19.1. The van der Waals surface area contributed by atoms with E-state index in [1.807, 2.05) is 79.0 Å². The molecule has 0 fully saturated rings. The fraction of sp³-hybridized carbons (Fsp3) is 0.258. The SMILES string of the molecule is CC(C)OC(=O)Nc1ccc(-c2ncc(-c3ccc(C(=O)NCc4ccccc4)cc3SNC(C)(C)C)s2)cc1. The third-order valence-corrected chi connectivity index (χ3v) is 7.85. The zero-order valence-corrected chi connectivity index (χ0v) is 24.9. The van der Waals surface area contributed by atoms with E-state index in [1.54, 1.807) is 25.2 Å². The Morgan fingerprint density at radius 2 is 1.73 bits per heavy atom. The van der Waals surface area contributed by atoms with Crippen LogP contribution in [0.3, 0.4) is 0 Å². The van der Waals surface area contributed by atoms with Gasteiger partial charge in [-0.15, -0.1) is 11.3 Å². The maximum atomic E-state index is 13.0. The minimum Gasteiger partial charge on any atom is -0.447 e. The first kappa shape index (κ1) is 29.3. The van der Waals surface area contributed by atoms with E-state index < -0.39 is 6.09 Å². The number of rotatable bonds is 9. The van der Waals surface area contributed by atoms with Crippen LogP contribution in [0.2, 0.25) is 0 Å². The van der Waals surface area contributed by atoms with Gasteiger partial charge in [0.15, 0.2) is 0 Å². The van der Waals surface area contributed by atoms with Crippen LogP contribution < -0.4 is 15.4 Å². The second-order valence-corrected chi connectivity index (χ2v) is 12.4. The molecule has 0 spiro atoms. The Bertz CT molecular complexity index is 1450. The molecular weight excluding hydrogens is 541 g/mol. The van der Waals surface area contributed by atoms with Crippen LogP contribution in [-0.2, 0) is 11.3 Å². The first-order valence-electron chi connectivity index (χ1n) is 13.0. The van der Waals surface area contributed by atoms with Crippen LogP contribution in [0.1, 0.15) is 50.5 Å². The number of hydrogen-bond donors (Lipinski definition) is 3. The second-order valence-electron chi connectivity index (χ2n) is 10.5. The molecule has 0 unspecified atom stereocenters. The van der Waals surface area contributed by atoms with Crippen molar-refractivity contribution in [1.29, 1.82) is 0 Å². The number of ether oxygens (including phenoxy) is 1. The van der Waals surface area contributed by atoms with E-state index >= 15 is 0 Å². The first-order valence-corrected chi connectivity index (χ1v) is 14.6. The largest absolute Gasteiger partial charge is 0.447 e. The van der Waals surface area contributed by atoms with Gasteiger partial charge >= 0.3 is 6.09 Å². The summed E-state index contributed by atoms with van der Waals surface area (Å²) >= 11 is 3.08. The minimum absolute atomic E-state index is 0.121. The van der Waals surface area contributed by atoms with E-state index in [4.69, 9.17) is 4.74 Å². The predicted molar refractivity (Wildman–Crippen MR) is 165 cm³/mol. The fourth-order valence-electron chi connectivity index (χ4n) is 3.63. The number of nitrogens with one attached hydrogen (secondary N) is 3. The summed E-state index contributed by atoms with van der Waals surface area (Å²) in [4.78, 5) is 31.4. The summed E-state index contributed by atoms with van der Waals surface area (Å²) in [6, 6.07) is 23.1. The molecule has 9 heteroatoms. The van der Waals surface area contributed by atoms with E-state index in [2.05, 4.69) is 41.1 Å². The average Bonchev–Trinajstić information content (AvgIpc) is 3.40. The third-order valence-electron chi connectivity index (χ3n) is 5.50. The summed E-state index contributed by atoms with van der Waals surface area (Å²) in [6.07, 6.45) is 1.19. The lowest BCUT2D eigenvalue weighted by Gasteiger charge is -2.20. The van der Waals surface area contributed by atoms with Crippen molar-refractivity contribution in [2.45, 2.75) is 57.7 Å². The molecule has 3 N–H and O–H groups in total. The van der Waals surface area contributed by atoms with Crippen LogP contribution in [0.4, 0.5) is 10.5 Å². The normalized spacial score (nSPS) is 11.3. The van der Waals surface area contributed by atoms with Gasteiger partial charge in [0.2, 0.25) is 0 Å². The third kappa shape index (κ3) is 8.42. The van der Waals surface area contributed by atoms with Crippen LogP contribution in [0.15, 0.2) is 83.9 Å². The molecule has 0 aliphatic carbocycles. The Labute approximate surface area is 243 Å². The van der Waals surface area contributed by atoms with Gasteiger partial charge in [0.25, 0.3) is 5.91 Å². The fourth-order valence-corrected chi connectivity index (χ4v) is 5.55. The Morgan fingerprint density at radius 3 is 2.40 bits per heavy atom. The molecule has 0 aliphatic rings. The van der Waals surface area contributed by atoms with Gasteiger partial charge < -0.3 is 10.1 Å². The van der Waals surface area contributed by atoms with E-state index in [0.717, 1.165) is 31.5 Å². The average molecular weight is 575 g/mol.